The molecule has 1 fully saturated rings. The van der Waals surface area contributed by atoms with E-state index in [1.54, 1.807) is 24.3 Å². The van der Waals surface area contributed by atoms with Crippen molar-refractivity contribution in [3.05, 3.63) is 53.6 Å². The molecule has 1 heterocycles. The number of ether oxygens (including phenoxy) is 1. The van der Waals surface area contributed by atoms with E-state index >= 15 is 0 Å². The van der Waals surface area contributed by atoms with Crippen molar-refractivity contribution in [2.45, 2.75) is 30.7 Å². The van der Waals surface area contributed by atoms with E-state index in [0.29, 0.717) is 42.5 Å². The Balaban J connectivity index is 1.78. The van der Waals surface area contributed by atoms with Crippen LogP contribution in [0.1, 0.15) is 19.8 Å². The number of benzene rings is 2. The fourth-order valence-corrected chi connectivity index (χ4v) is 4.87. The Kier molecular flexibility index (Phi) is 6.04. The molecule has 0 spiro atoms. The van der Waals surface area contributed by atoms with Gasteiger partial charge in [0, 0.05) is 23.3 Å². The van der Waals surface area contributed by atoms with Gasteiger partial charge in [0.1, 0.15) is 11.8 Å². The summed E-state index contributed by atoms with van der Waals surface area (Å²) < 4.78 is 32.6. The number of halogens is 1. The number of hydrogen-bond acceptors (Lipinski definition) is 4. The summed E-state index contributed by atoms with van der Waals surface area (Å²) >= 11 is 5.84. The molecular weight excluding hydrogens is 388 g/mol. The number of anilines is 1. The third-order valence-corrected chi connectivity index (χ3v) is 6.51. The van der Waals surface area contributed by atoms with Crippen molar-refractivity contribution in [3.8, 4) is 5.75 Å². The lowest BCUT2D eigenvalue weighted by molar-refractivity contribution is -0.119. The zero-order valence-corrected chi connectivity index (χ0v) is 16.5. The molecule has 0 bridgehead atoms. The van der Waals surface area contributed by atoms with Crippen molar-refractivity contribution in [2.75, 3.05) is 18.5 Å². The Labute approximate surface area is 164 Å². The summed E-state index contributed by atoms with van der Waals surface area (Å²) in [6.45, 7) is 2.71. The summed E-state index contributed by atoms with van der Waals surface area (Å²) in [6, 6.07) is 12.2. The highest BCUT2D eigenvalue weighted by molar-refractivity contribution is 7.89. The van der Waals surface area contributed by atoms with Crippen molar-refractivity contribution in [3.63, 3.8) is 0 Å². The molecule has 0 saturated carbocycles. The van der Waals surface area contributed by atoms with Gasteiger partial charge in [-0.3, -0.25) is 4.79 Å². The maximum atomic E-state index is 12.9. The van der Waals surface area contributed by atoms with E-state index in [0.717, 1.165) is 0 Å². The summed E-state index contributed by atoms with van der Waals surface area (Å²) in [5.41, 5.74) is 0.571. The summed E-state index contributed by atoms with van der Waals surface area (Å²) in [5, 5.41) is 3.26. The van der Waals surface area contributed by atoms with Crippen molar-refractivity contribution in [1.29, 1.82) is 0 Å². The van der Waals surface area contributed by atoms with Gasteiger partial charge < -0.3 is 10.1 Å². The van der Waals surface area contributed by atoms with Gasteiger partial charge in [-0.05, 0) is 56.2 Å². The Morgan fingerprint density at radius 3 is 2.70 bits per heavy atom. The average Bonchev–Trinajstić information content (AvgIpc) is 3.13. The second-order valence-corrected chi connectivity index (χ2v) is 8.50. The minimum absolute atomic E-state index is 0.130. The highest BCUT2D eigenvalue weighted by Crippen LogP contribution is 2.28. The molecule has 2 aromatic carbocycles. The predicted molar refractivity (Wildman–Crippen MR) is 105 cm³/mol. The zero-order valence-electron chi connectivity index (χ0n) is 14.9. The average molecular weight is 409 g/mol. The normalized spacial score (nSPS) is 17.6. The van der Waals surface area contributed by atoms with E-state index < -0.39 is 16.1 Å². The van der Waals surface area contributed by atoms with Gasteiger partial charge in [-0.15, -0.1) is 0 Å². The topological polar surface area (TPSA) is 75.7 Å². The van der Waals surface area contributed by atoms with Crippen LogP contribution in [0.3, 0.4) is 0 Å². The number of hydrogen-bond donors (Lipinski definition) is 1. The van der Waals surface area contributed by atoms with Crippen molar-refractivity contribution >= 4 is 33.2 Å². The first-order valence-electron chi connectivity index (χ1n) is 8.73. The zero-order chi connectivity index (χ0) is 19.4. The molecule has 1 N–H and O–H groups in total. The summed E-state index contributed by atoms with van der Waals surface area (Å²) in [5.74, 6) is 0.297. The molecule has 1 atom stereocenters. The standard InChI is InChI=1S/C19H21ClN2O4S/c1-2-26-16-6-3-5-15(13-16)21-19(23)18-7-4-12-22(18)27(24,25)17-10-8-14(20)9-11-17/h3,5-6,8-11,13,18H,2,4,7,12H2,1H3,(H,21,23)/t18-/m0/s1. The first-order valence-corrected chi connectivity index (χ1v) is 10.5. The van der Waals surface area contributed by atoms with Crippen LogP contribution in [0.4, 0.5) is 5.69 Å². The Morgan fingerprint density at radius 1 is 1.26 bits per heavy atom. The maximum Gasteiger partial charge on any atom is 0.243 e. The van der Waals surface area contributed by atoms with E-state index in [4.69, 9.17) is 16.3 Å². The lowest BCUT2D eigenvalue weighted by Crippen LogP contribution is -2.43. The van der Waals surface area contributed by atoms with Crippen LogP contribution in [0.2, 0.25) is 5.02 Å². The van der Waals surface area contributed by atoms with Gasteiger partial charge >= 0.3 is 0 Å². The number of carbonyl (C=O) groups excluding carboxylic acids is 1. The molecule has 0 aliphatic carbocycles. The molecule has 144 valence electrons. The quantitative estimate of drug-likeness (QED) is 0.793. The third-order valence-electron chi connectivity index (χ3n) is 4.34. The third kappa shape index (κ3) is 4.43. The minimum atomic E-state index is -3.77. The molecule has 1 amide bonds. The number of nitrogens with zero attached hydrogens (tertiary/aromatic N) is 1. The van der Waals surface area contributed by atoms with Crippen LogP contribution < -0.4 is 10.1 Å². The first-order chi connectivity index (χ1) is 12.9. The van der Waals surface area contributed by atoms with Crippen LogP contribution in [0.15, 0.2) is 53.4 Å². The van der Waals surface area contributed by atoms with Crippen LogP contribution in [0.5, 0.6) is 5.75 Å². The molecular formula is C19H21ClN2O4S. The smallest absolute Gasteiger partial charge is 0.243 e. The molecule has 8 heteroatoms. The molecule has 2 aromatic rings. The summed E-state index contributed by atoms with van der Waals surface area (Å²) in [6.07, 6.45) is 1.10. The highest BCUT2D eigenvalue weighted by Gasteiger charge is 2.39. The van der Waals surface area contributed by atoms with E-state index in [9.17, 15) is 13.2 Å². The molecule has 27 heavy (non-hydrogen) atoms. The molecule has 0 aromatic heterocycles. The SMILES string of the molecule is CCOc1cccc(NC(=O)[C@@H]2CCCN2S(=O)(=O)c2ccc(Cl)cc2)c1. The van der Waals surface area contributed by atoms with Crippen LogP contribution in [-0.2, 0) is 14.8 Å². The molecule has 3 rings (SSSR count). The van der Waals surface area contributed by atoms with Gasteiger partial charge in [0.2, 0.25) is 15.9 Å². The summed E-state index contributed by atoms with van der Waals surface area (Å²) in [7, 11) is -3.77. The van der Waals surface area contributed by atoms with Crippen LogP contribution >= 0.6 is 11.6 Å². The number of carbonyl (C=O) groups is 1. The van der Waals surface area contributed by atoms with Crippen molar-refractivity contribution in [1.82, 2.24) is 4.31 Å². The van der Waals surface area contributed by atoms with Crippen molar-refractivity contribution < 1.29 is 17.9 Å². The fraction of sp³-hybridized carbons (Fsp3) is 0.316. The van der Waals surface area contributed by atoms with E-state index in [2.05, 4.69) is 5.32 Å². The first kappa shape index (κ1) is 19.7. The molecule has 1 saturated heterocycles. The number of amides is 1. The van der Waals surface area contributed by atoms with Gasteiger partial charge in [0.25, 0.3) is 0 Å². The fourth-order valence-electron chi connectivity index (χ4n) is 3.09. The Bertz CT molecular complexity index is 916. The second kappa shape index (κ2) is 8.29. The number of rotatable bonds is 6. The van der Waals surface area contributed by atoms with Gasteiger partial charge in [0.05, 0.1) is 11.5 Å². The Morgan fingerprint density at radius 2 is 2.00 bits per heavy atom. The Hall–Kier alpha value is -2.09. The van der Waals surface area contributed by atoms with E-state index in [1.807, 2.05) is 6.92 Å². The molecule has 0 unspecified atom stereocenters. The van der Waals surface area contributed by atoms with Gasteiger partial charge in [-0.2, -0.15) is 4.31 Å². The lowest BCUT2D eigenvalue weighted by atomic mass is 10.2. The molecule has 1 aliphatic rings. The number of nitrogens with one attached hydrogen (secondary N) is 1. The largest absolute Gasteiger partial charge is 0.494 e. The van der Waals surface area contributed by atoms with Crippen LogP contribution in [-0.4, -0.2) is 37.8 Å². The van der Waals surface area contributed by atoms with E-state index in [1.165, 1.54) is 28.6 Å². The van der Waals surface area contributed by atoms with Crippen molar-refractivity contribution in [2.24, 2.45) is 0 Å². The molecule has 1 aliphatic heterocycles. The number of sulfonamides is 1. The monoisotopic (exact) mass is 408 g/mol. The van der Waals surface area contributed by atoms with E-state index in [-0.39, 0.29) is 10.8 Å². The van der Waals surface area contributed by atoms with Gasteiger partial charge in [-0.1, -0.05) is 17.7 Å². The second-order valence-electron chi connectivity index (χ2n) is 6.18. The predicted octanol–water partition coefficient (Wildman–Crippen LogP) is 3.53. The lowest BCUT2D eigenvalue weighted by Gasteiger charge is -2.23. The molecule has 0 radical (unpaired) electrons. The minimum Gasteiger partial charge on any atom is -0.494 e. The molecule has 6 nitrogen and oxygen atoms in total. The van der Waals surface area contributed by atoms with Gasteiger partial charge in [0.15, 0.2) is 0 Å². The summed E-state index contributed by atoms with van der Waals surface area (Å²) in [4.78, 5) is 12.9. The van der Waals surface area contributed by atoms with Crippen LogP contribution in [0.25, 0.3) is 0 Å². The maximum absolute atomic E-state index is 12.9. The highest BCUT2D eigenvalue weighted by atomic mass is 35.5. The van der Waals surface area contributed by atoms with Crippen LogP contribution in [0, 0.1) is 0 Å². The van der Waals surface area contributed by atoms with Gasteiger partial charge in [-0.25, -0.2) is 8.42 Å².